The Balaban J connectivity index is 1.89. The standard InChI is InChI=1S/C10H13N5O/c1-10(2)4-5(10)8-12-9(16-15-8)6-3-7(11)14-13-6/h3,5H,4H2,1-2H3,(H3,11,13,14). The molecule has 3 N–H and O–H groups in total. The second kappa shape index (κ2) is 2.84. The lowest BCUT2D eigenvalue weighted by Gasteiger charge is -1.95. The molecule has 2 aromatic rings. The van der Waals surface area contributed by atoms with E-state index in [1.165, 1.54) is 0 Å². The van der Waals surface area contributed by atoms with Gasteiger partial charge in [-0.3, -0.25) is 5.10 Å². The van der Waals surface area contributed by atoms with Crippen molar-refractivity contribution in [1.82, 2.24) is 20.3 Å². The number of nitrogens with zero attached hydrogens (tertiary/aromatic N) is 3. The van der Waals surface area contributed by atoms with Gasteiger partial charge in [0.15, 0.2) is 5.82 Å². The molecule has 3 rings (SSSR count). The molecule has 84 valence electrons. The summed E-state index contributed by atoms with van der Waals surface area (Å²) in [6, 6.07) is 1.68. The highest BCUT2D eigenvalue weighted by Gasteiger charge is 2.49. The van der Waals surface area contributed by atoms with Gasteiger partial charge in [0.2, 0.25) is 0 Å². The number of aromatic amines is 1. The quantitative estimate of drug-likeness (QED) is 0.799. The first-order valence-electron chi connectivity index (χ1n) is 5.21. The molecular formula is C10H13N5O. The van der Waals surface area contributed by atoms with Crippen molar-refractivity contribution >= 4 is 5.82 Å². The molecule has 16 heavy (non-hydrogen) atoms. The third-order valence-electron chi connectivity index (χ3n) is 3.09. The van der Waals surface area contributed by atoms with Gasteiger partial charge < -0.3 is 10.3 Å². The molecule has 2 heterocycles. The van der Waals surface area contributed by atoms with E-state index in [1.807, 2.05) is 0 Å². The van der Waals surface area contributed by atoms with Crippen LogP contribution in [0.4, 0.5) is 5.82 Å². The second-order valence-corrected chi connectivity index (χ2v) is 4.91. The smallest absolute Gasteiger partial charge is 0.276 e. The van der Waals surface area contributed by atoms with E-state index in [4.69, 9.17) is 10.3 Å². The third kappa shape index (κ3) is 1.37. The van der Waals surface area contributed by atoms with Crippen molar-refractivity contribution in [3.8, 4) is 11.6 Å². The zero-order valence-corrected chi connectivity index (χ0v) is 9.19. The van der Waals surface area contributed by atoms with Gasteiger partial charge in [-0.2, -0.15) is 10.1 Å². The predicted molar refractivity (Wildman–Crippen MR) is 57.4 cm³/mol. The molecule has 0 aromatic carbocycles. The molecule has 0 bridgehead atoms. The van der Waals surface area contributed by atoms with E-state index in [2.05, 4.69) is 34.2 Å². The van der Waals surface area contributed by atoms with Gasteiger partial charge in [0.25, 0.3) is 5.89 Å². The second-order valence-electron chi connectivity index (χ2n) is 4.91. The van der Waals surface area contributed by atoms with Crippen molar-refractivity contribution in [1.29, 1.82) is 0 Å². The largest absolute Gasteiger partial charge is 0.382 e. The van der Waals surface area contributed by atoms with Gasteiger partial charge in [-0.05, 0) is 11.8 Å². The lowest BCUT2D eigenvalue weighted by molar-refractivity contribution is 0.418. The van der Waals surface area contributed by atoms with E-state index in [1.54, 1.807) is 6.07 Å². The molecular weight excluding hydrogens is 206 g/mol. The van der Waals surface area contributed by atoms with E-state index in [-0.39, 0.29) is 0 Å². The van der Waals surface area contributed by atoms with E-state index in [0.29, 0.717) is 28.7 Å². The van der Waals surface area contributed by atoms with E-state index < -0.39 is 0 Å². The summed E-state index contributed by atoms with van der Waals surface area (Å²) in [4.78, 5) is 4.35. The lowest BCUT2D eigenvalue weighted by Crippen LogP contribution is -1.91. The summed E-state index contributed by atoms with van der Waals surface area (Å²) < 4.78 is 5.17. The van der Waals surface area contributed by atoms with Gasteiger partial charge in [0.05, 0.1) is 0 Å². The fourth-order valence-corrected chi connectivity index (χ4v) is 1.84. The number of nitrogen functional groups attached to an aromatic ring is 1. The topological polar surface area (TPSA) is 93.6 Å². The summed E-state index contributed by atoms with van der Waals surface area (Å²) in [7, 11) is 0. The monoisotopic (exact) mass is 219 g/mol. The van der Waals surface area contributed by atoms with Crippen LogP contribution in [0.25, 0.3) is 11.6 Å². The zero-order valence-electron chi connectivity index (χ0n) is 9.19. The van der Waals surface area contributed by atoms with Gasteiger partial charge in [-0.15, -0.1) is 0 Å². The van der Waals surface area contributed by atoms with Crippen molar-refractivity contribution in [3.63, 3.8) is 0 Å². The summed E-state index contributed by atoms with van der Waals surface area (Å²) in [5.41, 5.74) is 6.47. The number of rotatable bonds is 2. The number of hydrogen-bond donors (Lipinski definition) is 2. The van der Waals surface area contributed by atoms with Crippen LogP contribution >= 0.6 is 0 Å². The summed E-state index contributed by atoms with van der Waals surface area (Å²) in [6.07, 6.45) is 1.11. The summed E-state index contributed by atoms with van der Waals surface area (Å²) in [6.45, 7) is 4.39. The number of hydrogen-bond acceptors (Lipinski definition) is 5. The molecule has 0 amide bonds. The number of nitrogens with two attached hydrogens (primary N) is 1. The summed E-state index contributed by atoms with van der Waals surface area (Å²) in [5, 5.41) is 10.5. The van der Waals surface area contributed by atoms with Crippen LogP contribution in [0.1, 0.15) is 32.0 Å². The molecule has 0 saturated heterocycles. The van der Waals surface area contributed by atoms with Gasteiger partial charge in [0.1, 0.15) is 11.5 Å². The van der Waals surface area contributed by atoms with Gasteiger partial charge >= 0.3 is 0 Å². The number of H-pyrrole nitrogens is 1. The maximum atomic E-state index is 5.51. The van der Waals surface area contributed by atoms with Crippen LogP contribution in [0.3, 0.4) is 0 Å². The summed E-state index contributed by atoms with van der Waals surface area (Å²) in [5.74, 6) is 2.04. The molecule has 1 aliphatic carbocycles. The van der Waals surface area contributed by atoms with Crippen LogP contribution in [0.5, 0.6) is 0 Å². The first-order chi connectivity index (χ1) is 7.56. The Bertz CT molecular complexity index is 527. The molecule has 6 nitrogen and oxygen atoms in total. The van der Waals surface area contributed by atoms with Crippen molar-refractivity contribution < 1.29 is 4.52 Å². The fourth-order valence-electron chi connectivity index (χ4n) is 1.84. The molecule has 2 aromatic heterocycles. The first kappa shape index (κ1) is 9.38. The Hall–Kier alpha value is -1.85. The molecule has 1 saturated carbocycles. The average Bonchev–Trinajstić information content (AvgIpc) is 2.67. The predicted octanol–water partition coefficient (Wildman–Crippen LogP) is 1.56. The highest BCUT2D eigenvalue weighted by atomic mass is 16.5. The van der Waals surface area contributed by atoms with Crippen LogP contribution in [0, 0.1) is 5.41 Å². The molecule has 1 aliphatic rings. The molecule has 1 fully saturated rings. The van der Waals surface area contributed by atoms with Crippen molar-refractivity contribution in [2.45, 2.75) is 26.2 Å². The minimum Gasteiger partial charge on any atom is -0.382 e. The number of anilines is 1. The average molecular weight is 219 g/mol. The van der Waals surface area contributed by atoms with Crippen LogP contribution in [0.2, 0.25) is 0 Å². The normalized spacial score (nSPS) is 22.2. The number of aromatic nitrogens is 4. The molecule has 1 atom stereocenters. The molecule has 6 heteroatoms. The molecule has 0 aliphatic heterocycles. The fraction of sp³-hybridized carbons (Fsp3) is 0.500. The minimum atomic E-state index is 0.300. The SMILES string of the molecule is CC1(C)CC1c1noc(-c2cc(N)n[nH]2)n1. The van der Waals surface area contributed by atoms with Gasteiger partial charge in [0, 0.05) is 12.0 Å². The Morgan fingerprint density at radius 2 is 2.31 bits per heavy atom. The highest BCUT2D eigenvalue weighted by molar-refractivity contribution is 5.51. The Morgan fingerprint density at radius 1 is 1.56 bits per heavy atom. The molecule has 1 unspecified atom stereocenters. The van der Waals surface area contributed by atoms with Gasteiger partial charge in [-0.25, -0.2) is 0 Å². The van der Waals surface area contributed by atoms with E-state index in [9.17, 15) is 0 Å². The molecule has 0 radical (unpaired) electrons. The van der Waals surface area contributed by atoms with Crippen LogP contribution in [0.15, 0.2) is 10.6 Å². The van der Waals surface area contributed by atoms with E-state index in [0.717, 1.165) is 12.2 Å². The van der Waals surface area contributed by atoms with Crippen LogP contribution < -0.4 is 5.73 Å². The highest BCUT2D eigenvalue weighted by Crippen LogP contribution is 2.57. The third-order valence-corrected chi connectivity index (χ3v) is 3.09. The Morgan fingerprint density at radius 3 is 2.88 bits per heavy atom. The van der Waals surface area contributed by atoms with Crippen molar-refractivity contribution in [2.75, 3.05) is 5.73 Å². The van der Waals surface area contributed by atoms with E-state index >= 15 is 0 Å². The van der Waals surface area contributed by atoms with Crippen LogP contribution in [-0.2, 0) is 0 Å². The first-order valence-corrected chi connectivity index (χ1v) is 5.21. The minimum absolute atomic E-state index is 0.300. The molecule has 0 spiro atoms. The maximum Gasteiger partial charge on any atom is 0.276 e. The number of nitrogens with one attached hydrogen (secondary N) is 1. The van der Waals surface area contributed by atoms with Crippen molar-refractivity contribution in [2.24, 2.45) is 5.41 Å². The Labute approximate surface area is 92.2 Å². The summed E-state index contributed by atoms with van der Waals surface area (Å²) >= 11 is 0. The lowest BCUT2D eigenvalue weighted by atomic mass is 10.1. The Kier molecular flexibility index (Phi) is 1.66. The van der Waals surface area contributed by atoms with Gasteiger partial charge in [-0.1, -0.05) is 19.0 Å². The maximum absolute atomic E-state index is 5.51. The van der Waals surface area contributed by atoms with Crippen LogP contribution in [-0.4, -0.2) is 20.3 Å². The van der Waals surface area contributed by atoms with Crippen molar-refractivity contribution in [3.05, 3.63) is 11.9 Å². The zero-order chi connectivity index (χ0) is 11.3.